The van der Waals surface area contributed by atoms with E-state index in [0.717, 1.165) is 5.56 Å². The van der Waals surface area contributed by atoms with Crippen molar-refractivity contribution in [2.24, 2.45) is 0 Å². The second-order valence-electron chi connectivity index (χ2n) is 6.53. The number of aromatic nitrogens is 4. The number of rotatable bonds is 5. The molecule has 1 N–H and O–H groups in total. The van der Waals surface area contributed by atoms with E-state index in [-0.39, 0.29) is 11.4 Å². The number of ether oxygens (including phenoxy) is 1. The Balaban J connectivity index is 1.49. The van der Waals surface area contributed by atoms with Gasteiger partial charge < -0.3 is 9.72 Å². The van der Waals surface area contributed by atoms with Crippen LogP contribution >= 0.6 is 11.6 Å². The Morgan fingerprint density at radius 1 is 1.21 bits per heavy atom. The van der Waals surface area contributed by atoms with Crippen LogP contribution in [0, 0.1) is 0 Å². The Morgan fingerprint density at radius 2 is 1.97 bits per heavy atom. The molecule has 2 aromatic carbocycles. The molecule has 8 heteroatoms. The molecule has 0 bridgehead atoms. The highest BCUT2D eigenvalue weighted by Gasteiger charge is 2.18. The standard InChI is InChI=1S/C21H17ClN4O3/c1-13(19-24-18-9-5-3-7-16(18)20(27)25-19)29-21(28)15-10-23-26(12-15)11-14-6-2-4-8-17(14)22/h2-10,12-13H,11H2,1H3,(H,24,25,27)/t13-/m1/s1. The third kappa shape index (κ3) is 4.05. The van der Waals surface area contributed by atoms with Gasteiger partial charge in [-0.05, 0) is 30.7 Å². The normalized spacial score (nSPS) is 12.1. The average molecular weight is 409 g/mol. The van der Waals surface area contributed by atoms with Crippen LogP contribution in [0.5, 0.6) is 0 Å². The highest BCUT2D eigenvalue weighted by Crippen LogP contribution is 2.18. The third-order valence-corrected chi connectivity index (χ3v) is 4.83. The van der Waals surface area contributed by atoms with Crippen molar-refractivity contribution in [2.75, 3.05) is 0 Å². The number of para-hydroxylation sites is 1. The number of carbonyl (C=O) groups excluding carboxylic acids is 1. The predicted octanol–water partition coefficient (Wildman–Crippen LogP) is 3.74. The van der Waals surface area contributed by atoms with Crippen molar-refractivity contribution >= 4 is 28.5 Å². The van der Waals surface area contributed by atoms with Crippen molar-refractivity contribution in [3.05, 3.63) is 93.3 Å². The highest BCUT2D eigenvalue weighted by atomic mass is 35.5. The van der Waals surface area contributed by atoms with Crippen LogP contribution in [0.4, 0.5) is 0 Å². The number of aromatic amines is 1. The summed E-state index contributed by atoms with van der Waals surface area (Å²) in [5, 5.41) is 5.31. The summed E-state index contributed by atoms with van der Waals surface area (Å²) >= 11 is 6.17. The lowest BCUT2D eigenvalue weighted by Gasteiger charge is -2.12. The maximum Gasteiger partial charge on any atom is 0.342 e. The first-order valence-electron chi connectivity index (χ1n) is 8.97. The molecule has 1 atom stereocenters. The van der Waals surface area contributed by atoms with Crippen molar-refractivity contribution in [1.82, 2.24) is 19.7 Å². The van der Waals surface area contributed by atoms with Crippen LogP contribution in [0.15, 0.2) is 65.7 Å². The van der Waals surface area contributed by atoms with Crippen molar-refractivity contribution in [3.8, 4) is 0 Å². The summed E-state index contributed by atoms with van der Waals surface area (Å²) in [6, 6.07) is 14.4. The lowest BCUT2D eigenvalue weighted by atomic mass is 10.2. The Kier molecular flexibility index (Phi) is 5.14. The van der Waals surface area contributed by atoms with Gasteiger partial charge in [0.2, 0.25) is 0 Å². The van der Waals surface area contributed by atoms with Gasteiger partial charge in [-0.2, -0.15) is 5.10 Å². The number of nitrogens with zero attached hydrogens (tertiary/aromatic N) is 3. The molecule has 0 radical (unpaired) electrons. The number of hydrogen-bond acceptors (Lipinski definition) is 5. The van der Waals surface area contributed by atoms with Crippen LogP contribution in [-0.4, -0.2) is 25.7 Å². The van der Waals surface area contributed by atoms with Crippen LogP contribution in [0.25, 0.3) is 10.9 Å². The van der Waals surface area contributed by atoms with Crippen LogP contribution in [0.3, 0.4) is 0 Å². The summed E-state index contributed by atoms with van der Waals surface area (Å²) in [7, 11) is 0. The van der Waals surface area contributed by atoms with E-state index in [1.165, 1.54) is 6.20 Å². The molecule has 0 amide bonds. The second kappa shape index (κ2) is 7.89. The molecule has 2 aromatic heterocycles. The van der Waals surface area contributed by atoms with Crippen LogP contribution in [0.2, 0.25) is 5.02 Å². The van der Waals surface area contributed by atoms with Gasteiger partial charge in [-0.3, -0.25) is 9.48 Å². The van der Waals surface area contributed by atoms with E-state index in [0.29, 0.717) is 28.0 Å². The number of fused-ring (bicyclic) bond motifs is 1. The maximum absolute atomic E-state index is 12.5. The minimum atomic E-state index is -0.730. The first-order chi connectivity index (χ1) is 14.0. The predicted molar refractivity (Wildman–Crippen MR) is 109 cm³/mol. The van der Waals surface area contributed by atoms with Gasteiger partial charge in [0.15, 0.2) is 11.9 Å². The van der Waals surface area contributed by atoms with E-state index in [1.807, 2.05) is 18.2 Å². The van der Waals surface area contributed by atoms with Crippen LogP contribution < -0.4 is 5.56 Å². The molecular formula is C21H17ClN4O3. The smallest absolute Gasteiger partial charge is 0.342 e. The van der Waals surface area contributed by atoms with Gasteiger partial charge in [-0.1, -0.05) is 41.9 Å². The average Bonchev–Trinajstić information content (AvgIpc) is 3.18. The molecule has 29 heavy (non-hydrogen) atoms. The zero-order valence-corrected chi connectivity index (χ0v) is 16.3. The molecule has 0 saturated carbocycles. The van der Waals surface area contributed by atoms with E-state index in [9.17, 15) is 9.59 Å². The SMILES string of the molecule is C[C@@H](OC(=O)c1cnn(Cc2ccccc2Cl)c1)c1nc2ccccc2c(=O)[nH]1. The van der Waals surface area contributed by atoms with E-state index < -0.39 is 12.1 Å². The lowest BCUT2D eigenvalue weighted by Crippen LogP contribution is -2.17. The Morgan fingerprint density at radius 3 is 2.79 bits per heavy atom. The summed E-state index contributed by atoms with van der Waals surface area (Å²) in [5.74, 6) is -0.274. The number of H-pyrrole nitrogens is 1. The first kappa shape index (κ1) is 18.9. The van der Waals surface area contributed by atoms with Gasteiger partial charge in [-0.15, -0.1) is 0 Å². The Hall–Kier alpha value is -3.45. The number of carbonyl (C=O) groups is 1. The second-order valence-corrected chi connectivity index (χ2v) is 6.94. The minimum Gasteiger partial charge on any atom is -0.451 e. The van der Waals surface area contributed by atoms with Gasteiger partial charge in [0, 0.05) is 11.2 Å². The van der Waals surface area contributed by atoms with Crippen molar-refractivity contribution in [1.29, 1.82) is 0 Å². The monoisotopic (exact) mass is 408 g/mol. The fraction of sp³-hybridized carbons (Fsp3) is 0.143. The maximum atomic E-state index is 12.5. The van der Waals surface area contributed by atoms with Crippen molar-refractivity contribution < 1.29 is 9.53 Å². The number of esters is 1. The summed E-state index contributed by atoms with van der Waals surface area (Å²) in [4.78, 5) is 31.7. The van der Waals surface area contributed by atoms with Gasteiger partial charge in [0.05, 0.1) is 29.2 Å². The molecule has 0 aliphatic rings. The van der Waals surface area contributed by atoms with Gasteiger partial charge in [0.25, 0.3) is 5.56 Å². The number of hydrogen-bond donors (Lipinski definition) is 1. The molecule has 0 fully saturated rings. The fourth-order valence-electron chi connectivity index (χ4n) is 2.94. The van der Waals surface area contributed by atoms with Crippen LogP contribution in [-0.2, 0) is 11.3 Å². The molecule has 0 unspecified atom stereocenters. The lowest BCUT2D eigenvalue weighted by molar-refractivity contribution is 0.0320. The van der Waals surface area contributed by atoms with Crippen molar-refractivity contribution in [3.63, 3.8) is 0 Å². The quantitative estimate of drug-likeness (QED) is 0.508. The number of halogens is 1. The largest absolute Gasteiger partial charge is 0.451 e. The Labute approximate surface area is 170 Å². The summed E-state index contributed by atoms with van der Waals surface area (Å²) < 4.78 is 7.07. The topological polar surface area (TPSA) is 89.9 Å². The molecule has 4 rings (SSSR count). The molecule has 0 aliphatic carbocycles. The molecular weight excluding hydrogens is 392 g/mol. The van der Waals surface area contributed by atoms with Gasteiger partial charge in [-0.25, -0.2) is 9.78 Å². The van der Waals surface area contributed by atoms with E-state index in [1.54, 1.807) is 48.1 Å². The zero-order valence-electron chi connectivity index (χ0n) is 15.5. The molecule has 146 valence electrons. The zero-order chi connectivity index (χ0) is 20.4. The fourth-order valence-corrected chi connectivity index (χ4v) is 3.13. The van der Waals surface area contributed by atoms with E-state index >= 15 is 0 Å². The highest BCUT2D eigenvalue weighted by molar-refractivity contribution is 6.31. The van der Waals surface area contributed by atoms with Gasteiger partial charge in [0.1, 0.15) is 0 Å². The van der Waals surface area contributed by atoms with E-state index in [2.05, 4.69) is 15.1 Å². The van der Waals surface area contributed by atoms with E-state index in [4.69, 9.17) is 16.3 Å². The molecule has 0 aliphatic heterocycles. The molecule has 0 saturated heterocycles. The third-order valence-electron chi connectivity index (χ3n) is 4.46. The van der Waals surface area contributed by atoms with Crippen molar-refractivity contribution in [2.45, 2.75) is 19.6 Å². The minimum absolute atomic E-state index is 0.277. The summed E-state index contributed by atoms with van der Waals surface area (Å²) in [6.07, 6.45) is 2.30. The van der Waals surface area contributed by atoms with Gasteiger partial charge >= 0.3 is 5.97 Å². The molecule has 4 aromatic rings. The van der Waals surface area contributed by atoms with Crippen LogP contribution in [0.1, 0.15) is 34.8 Å². The first-order valence-corrected chi connectivity index (χ1v) is 9.35. The summed E-state index contributed by atoms with van der Waals surface area (Å²) in [5.41, 5.74) is 1.46. The molecule has 7 nitrogen and oxygen atoms in total. The number of benzene rings is 2. The number of nitrogens with one attached hydrogen (secondary N) is 1. The molecule has 0 spiro atoms. The Bertz CT molecular complexity index is 1250. The molecule has 2 heterocycles. The summed E-state index contributed by atoms with van der Waals surface area (Å²) in [6.45, 7) is 2.08.